The monoisotopic (exact) mass is 197 g/mol. The molecule has 1 aliphatic carbocycles. The van der Waals surface area contributed by atoms with Crippen LogP contribution in [0.2, 0.25) is 5.02 Å². The summed E-state index contributed by atoms with van der Waals surface area (Å²) in [6, 6.07) is 0. The smallest absolute Gasteiger partial charge is 0.155 e. The summed E-state index contributed by atoms with van der Waals surface area (Å²) in [6.07, 6.45) is 5.95. The Morgan fingerprint density at radius 3 is 2.92 bits per heavy atom. The number of aromatic nitrogens is 1. The molecule has 1 aromatic rings. The van der Waals surface area contributed by atoms with E-state index in [-0.39, 0.29) is 6.10 Å². The van der Waals surface area contributed by atoms with Crippen LogP contribution in [0.1, 0.15) is 23.2 Å². The maximum absolute atomic E-state index is 10.6. The van der Waals surface area contributed by atoms with Crippen molar-refractivity contribution in [2.45, 2.75) is 18.9 Å². The largest absolute Gasteiger partial charge is 0.488 e. The quantitative estimate of drug-likeness (QED) is 0.697. The molecule has 4 heteroatoms. The van der Waals surface area contributed by atoms with Crippen molar-refractivity contribution >= 4 is 17.9 Å². The maximum Gasteiger partial charge on any atom is 0.155 e. The molecular weight excluding hydrogens is 190 g/mol. The Bertz CT molecular complexity index is 336. The van der Waals surface area contributed by atoms with Gasteiger partial charge in [-0.05, 0) is 12.8 Å². The summed E-state index contributed by atoms with van der Waals surface area (Å²) in [4.78, 5) is 14.4. The molecule has 1 fully saturated rings. The Kier molecular flexibility index (Phi) is 2.19. The van der Waals surface area contributed by atoms with Gasteiger partial charge in [-0.1, -0.05) is 11.6 Å². The van der Waals surface area contributed by atoms with Crippen molar-refractivity contribution in [1.82, 2.24) is 4.98 Å². The van der Waals surface area contributed by atoms with E-state index in [1.165, 1.54) is 12.4 Å². The summed E-state index contributed by atoms with van der Waals surface area (Å²) in [5.74, 6) is 0.467. The fourth-order valence-electron chi connectivity index (χ4n) is 0.999. The lowest BCUT2D eigenvalue weighted by molar-refractivity contribution is 0.111. The molecule has 0 spiro atoms. The highest BCUT2D eigenvalue weighted by Gasteiger charge is 2.25. The van der Waals surface area contributed by atoms with Crippen LogP contribution in [-0.4, -0.2) is 17.4 Å². The molecule has 1 aromatic heterocycles. The van der Waals surface area contributed by atoms with Crippen LogP contribution >= 0.6 is 11.6 Å². The SMILES string of the molecule is O=Cc1cncc(Cl)c1OC1CC1. The van der Waals surface area contributed by atoms with Crippen molar-refractivity contribution in [3.8, 4) is 5.75 Å². The summed E-state index contributed by atoms with van der Waals surface area (Å²) < 4.78 is 5.47. The zero-order valence-electron chi connectivity index (χ0n) is 6.87. The van der Waals surface area contributed by atoms with E-state index >= 15 is 0 Å². The van der Waals surface area contributed by atoms with E-state index in [0.29, 0.717) is 22.6 Å². The molecular formula is C9H8ClNO2. The lowest BCUT2D eigenvalue weighted by Crippen LogP contribution is -2.00. The van der Waals surface area contributed by atoms with E-state index in [1.807, 2.05) is 0 Å². The second kappa shape index (κ2) is 3.34. The van der Waals surface area contributed by atoms with Crippen LogP contribution in [0.25, 0.3) is 0 Å². The number of nitrogens with zero attached hydrogens (tertiary/aromatic N) is 1. The number of aldehydes is 1. The lowest BCUT2D eigenvalue weighted by atomic mass is 10.3. The number of hydrogen-bond acceptors (Lipinski definition) is 3. The second-order valence-electron chi connectivity index (χ2n) is 2.97. The van der Waals surface area contributed by atoms with Gasteiger partial charge in [0.25, 0.3) is 0 Å². The van der Waals surface area contributed by atoms with Gasteiger partial charge in [0, 0.05) is 12.4 Å². The van der Waals surface area contributed by atoms with Gasteiger partial charge in [0.15, 0.2) is 12.0 Å². The van der Waals surface area contributed by atoms with Gasteiger partial charge < -0.3 is 4.74 Å². The van der Waals surface area contributed by atoms with Crippen LogP contribution in [0, 0.1) is 0 Å². The fraction of sp³-hybridized carbons (Fsp3) is 0.333. The zero-order valence-corrected chi connectivity index (χ0v) is 7.62. The van der Waals surface area contributed by atoms with Crippen molar-refractivity contribution in [2.75, 3.05) is 0 Å². The standard InChI is InChI=1S/C9H8ClNO2/c10-8-4-11-3-6(5-12)9(8)13-7-1-2-7/h3-5,7H,1-2H2. The highest BCUT2D eigenvalue weighted by molar-refractivity contribution is 6.32. The van der Waals surface area contributed by atoms with Gasteiger partial charge >= 0.3 is 0 Å². The molecule has 2 rings (SSSR count). The number of hydrogen-bond donors (Lipinski definition) is 0. The van der Waals surface area contributed by atoms with E-state index in [9.17, 15) is 4.79 Å². The van der Waals surface area contributed by atoms with Crippen molar-refractivity contribution in [3.63, 3.8) is 0 Å². The normalized spacial score (nSPS) is 15.5. The number of carbonyl (C=O) groups is 1. The third-order valence-electron chi connectivity index (χ3n) is 1.82. The average Bonchev–Trinajstić information content (AvgIpc) is 2.92. The fourth-order valence-corrected chi connectivity index (χ4v) is 1.21. The molecule has 3 nitrogen and oxygen atoms in total. The van der Waals surface area contributed by atoms with Crippen LogP contribution in [0.15, 0.2) is 12.4 Å². The lowest BCUT2D eigenvalue weighted by Gasteiger charge is -2.07. The van der Waals surface area contributed by atoms with E-state index in [4.69, 9.17) is 16.3 Å². The number of pyridine rings is 1. The second-order valence-corrected chi connectivity index (χ2v) is 3.38. The van der Waals surface area contributed by atoms with Crippen LogP contribution in [0.4, 0.5) is 0 Å². The molecule has 1 saturated carbocycles. The van der Waals surface area contributed by atoms with E-state index < -0.39 is 0 Å². The van der Waals surface area contributed by atoms with Crippen molar-refractivity contribution in [2.24, 2.45) is 0 Å². The van der Waals surface area contributed by atoms with Crippen LogP contribution < -0.4 is 4.74 Å². The molecule has 0 aromatic carbocycles. The zero-order chi connectivity index (χ0) is 9.26. The molecule has 1 heterocycles. The summed E-state index contributed by atoms with van der Waals surface area (Å²) in [6.45, 7) is 0. The van der Waals surface area contributed by atoms with Crippen LogP contribution in [-0.2, 0) is 0 Å². The number of halogens is 1. The first-order valence-corrected chi connectivity index (χ1v) is 4.44. The molecule has 0 bridgehead atoms. The topological polar surface area (TPSA) is 39.2 Å². The Balaban J connectivity index is 2.32. The predicted molar refractivity (Wildman–Crippen MR) is 48.3 cm³/mol. The van der Waals surface area contributed by atoms with Crippen LogP contribution in [0.3, 0.4) is 0 Å². The van der Waals surface area contributed by atoms with Crippen LogP contribution in [0.5, 0.6) is 5.75 Å². The molecule has 0 aliphatic heterocycles. The van der Waals surface area contributed by atoms with Crippen molar-refractivity contribution in [1.29, 1.82) is 0 Å². The van der Waals surface area contributed by atoms with Gasteiger partial charge in [-0.2, -0.15) is 0 Å². The minimum Gasteiger partial charge on any atom is -0.488 e. The Morgan fingerprint density at radius 2 is 2.31 bits per heavy atom. The highest BCUT2D eigenvalue weighted by atomic mass is 35.5. The first-order chi connectivity index (χ1) is 6.31. The van der Waals surface area contributed by atoms with Gasteiger partial charge in [0.2, 0.25) is 0 Å². The van der Waals surface area contributed by atoms with Crippen molar-refractivity contribution in [3.05, 3.63) is 23.0 Å². The average molecular weight is 198 g/mol. The molecule has 1 aliphatic rings. The first kappa shape index (κ1) is 8.51. The molecule has 68 valence electrons. The van der Waals surface area contributed by atoms with Gasteiger partial charge in [-0.25, -0.2) is 0 Å². The first-order valence-electron chi connectivity index (χ1n) is 4.06. The van der Waals surface area contributed by atoms with Gasteiger partial charge in [0.05, 0.1) is 11.7 Å². The molecule has 0 amide bonds. The highest BCUT2D eigenvalue weighted by Crippen LogP contribution is 2.33. The molecule has 13 heavy (non-hydrogen) atoms. The molecule has 0 saturated heterocycles. The number of ether oxygens (including phenoxy) is 1. The summed E-state index contributed by atoms with van der Waals surface area (Å²) in [5, 5.41) is 0.400. The van der Waals surface area contributed by atoms with E-state index in [1.54, 1.807) is 0 Å². The minimum absolute atomic E-state index is 0.235. The molecule has 0 atom stereocenters. The summed E-state index contributed by atoms with van der Waals surface area (Å²) in [5.41, 5.74) is 0.416. The Labute approximate surface area is 80.7 Å². The van der Waals surface area contributed by atoms with Gasteiger partial charge in [-0.15, -0.1) is 0 Å². The Morgan fingerprint density at radius 1 is 1.54 bits per heavy atom. The molecule has 0 radical (unpaired) electrons. The Hall–Kier alpha value is -1.09. The minimum atomic E-state index is 0.235. The molecule has 0 N–H and O–H groups in total. The predicted octanol–water partition coefficient (Wildman–Crippen LogP) is 2.09. The van der Waals surface area contributed by atoms with Gasteiger partial charge in [-0.3, -0.25) is 9.78 Å². The molecule has 0 unspecified atom stereocenters. The summed E-state index contributed by atoms with van der Waals surface area (Å²) >= 11 is 5.83. The van der Waals surface area contributed by atoms with E-state index in [0.717, 1.165) is 12.8 Å². The third kappa shape index (κ3) is 1.80. The summed E-state index contributed by atoms with van der Waals surface area (Å²) in [7, 11) is 0. The van der Waals surface area contributed by atoms with Gasteiger partial charge in [0.1, 0.15) is 5.02 Å². The van der Waals surface area contributed by atoms with Crippen molar-refractivity contribution < 1.29 is 9.53 Å². The van der Waals surface area contributed by atoms with E-state index in [2.05, 4.69) is 4.98 Å². The number of rotatable bonds is 3. The third-order valence-corrected chi connectivity index (χ3v) is 2.09. The number of carbonyl (C=O) groups excluding carboxylic acids is 1. The maximum atomic E-state index is 10.6.